The maximum atomic E-state index is 10.7. The van der Waals surface area contributed by atoms with Crippen LogP contribution in [0.2, 0.25) is 0 Å². The molecule has 1 heterocycles. The third-order valence-electron chi connectivity index (χ3n) is 3.82. The average Bonchev–Trinajstić information content (AvgIpc) is 2.91. The molecule has 0 aromatic heterocycles. The van der Waals surface area contributed by atoms with Crippen molar-refractivity contribution < 1.29 is 9.84 Å². The van der Waals surface area contributed by atoms with E-state index in [9.17, 15) is 5.11 Å². The molecule has 2 aromatic rings. The van der Waals surface area contributed by atoms with Crippen LogP contribution in [-0.2, 0) is 17.9 Å². The first-order valence-corrected chi connectivity index (χ1v) is 6.86. The van der Waals surface area contributed by atoms with E-state index in [1.807, 2.05) is 36.4 Å². The Morgan fingerprint density at radius 2 is 2.10 bits per heavy atom. The van der Waals surface area contributed by atoms with E-state index < -0.39 is 6.10 Å². The van der Waals surface area contributed by atoms with Gasteiger partial charge < -0.3 is 15.2 Å². The lowest BCUT2D eigenvalue weighted by molar-refractivity contribution is 0.133. The topological polar surface area (TPSA) is 41.5 Å². The van der Waals surface area contributed by atoms with Crippen molar-refractivity contribution in [1.29, 1.82) is 0 Å². The van der Waals surface area contributed by atoms with Gasteiger partial charge in [0.15, 0.2) is 0 Å². The Morgan fingerprint density at radius 1 is 1.25 bits per heavy atom. The van der Waals surface area contributed by atoms with Crippen molar-refractivity contribution in [3.8, 4) is 0 Å². The minimum atomic E-state index is -0.546. The molecule has 2 N–H and O–H groups in total. The maximum absolute atomic E-state index is 10.7. The third-order valence-corrected chi connectivity index (χ3v) is 3.82. The van der Waals surface area contributed by atoms with Gasteiger partial charge in [-0.25, -0.2) is 0 Å². The predicted octanol–water partition coefficient (Wildman–Crippen LogP) is 2.71. The molecule has 0 spiro atoms. The number of ether oxygens (including phenoxy) is 1. The first kappa shape index (κ1) is 13.3. The molecule has 0 saturated heterocycles. The van der Waals surface area contributed by atoms with Gasteiger partial charge in [-0.2, -0.15) is 0 Å². The van der Waals surface area contributed by atoms with Crippen LogP contribution in [-0.4, -0.2) is 12.2 Å². The summed E-state index contributed by atoms with van der Waals surface area (Å²) < 4.78 is 5.15. The van der Waals surface area contributed by atoms with Crippen molar-refractivity contribution in [3.05, 3.63) is 70.8 Å². The SMILES string of the molecule is COCc1cccc(C(O)C2NCc3ccccc32)c1. The highest BCUT2D eigenvalue weighted by atomic mass is 16.5. The van der Waals surface area contributed by atoms with E-state index in [2.05, 4.69) is 17.4 Å². The van der Waals surface area contributed by atoms with Crippen LogP contribution in [0.3, 0.4) is 0 Å². The number of hydrogen-bond donors (Lipinski definition) is 2. The van der Waals surface area contributed by atoms with Gasteiger partial charge in [-0.15, -0.1) is 0 Å². The molecule has 1 aliphatic heterocycles. The zero-order valence-electron chi connectivity index (χ0n) is 11.5. The van der Waals surface area contributed by atoms with Crippen LogP contribution < -0.4 is 5.32 Å². The van der Waals surface area contributed by atoms with Crippen molar-refractivity contribution in [1.82, 2.24) is 5.32 Å². The highest BCUT2D eigenvalue weighted by molar-refractivity contribution is 5.37. The number of benzene rings is 2. The van der Waals surface area contributed by atoms with Crippen molar-refractivity contribution >= 4 is 0 Å². The molecular formula is C17H19NO2. The average molecular weight is 269 g/mol. The number of aliphatic hydroxyl groups excluding tert-OH is 1. The third kappa shape index (κ3) is 2.48. The first-order chi connectivity index (χ1) is 9.79. The summed E-state index contributed by atoms with van der Waals surface area (Å²) in [6.07, 6.45) is -0.546. The predicted molar refractivity (Wildman–Crippen MR) is 78.1 cm³/mol. The number of hydrogen-bond acceptors (Lipinski definition) is 3. The van der Waals surface area contributed by atoms with Crippen LogP contribution in [0.4, 0.5) is 0 Å². The standard InChI is InChI=1S/C17H19NO2/c1-20-11-12-5-4-7-13(9-12)17(19)16-15-8-3-2-6-14(15)10-18-16/h2-9,16-19H,10-11H2,1H3. The summed E-state index contributed by atoms with van der Waals surface area (Å²) in [6, 6.07) is 16.2. The fraction of sp³-hybridized carbons (Fsp3) is 0.294. The smallest absolute Gasteiger partial charge is 0.0985 e. The lowest BCUT2D eigenvalue weighted by Crippen LogP contribution is -2.20. The molecule has 3 rings (SSSR count). The Balaban J connectivity index is 1.86. The lowest BCUT2D eigenvalue weighted by atomic mass is 9.95. The summed E-state index contributed by atoms with van der Waals surface area (Å²) in [5.41, 5.74) is 4.46. The first-order valence-electron chi connectivity index (χ1n) is 6.86. The van der Waals surface area contributed by atoms with Gasteiger partial charge in [-0.1, -0.05) is 48.5 Å². The van der Waals surface area contributed by atoms with Gasteiger partial charge in [-0.05, 0) is 22.3 Å². The quantitative estimate of drug-likeness (QED) is 0.896. The Kier molecular flexibility index (Phi) is 3.83. The number of fused-ring (bicyclic) bond motifs is 1. The van der Waals surface area contributed by atoms with E-state index in [1.54, 1.807) is 7.11 Å². The van der Waals surface area contributed by atoms with E-state index in [0.717, 1.165) is 17.7 Å². The molecule has 20 heavy (non-hydrogen) atoms. The Morgan fingerprint density at radius 3 is 2.95 bits per heavy atom. The van der Waals surface area contributed by atoms with E-state index in [-0.39, 0.29) is 6.04 Å². The Labute approximate surface area is 119 Å². The summed E-state index contributed by atoms with van der Waals surface area (Å²) in [7, 11) is 1.68. The molecule has 0 radical (unpaired) electrons. The van der Waals surface area contributed by atoms with Gasteiger partial charge in [0, 0.05) is 13.7 Å². The Bertz CT molecular complexity index is 597. The van der Waals surface area contributed by atoms with E-state index in [1.165, 1.54) is 11.1 Å². The molecule has 3 heteroatoms. The molecule has 0 saturated carbocycles. The largest absolute Gasteiger partial charge is 0.386 e. The number of rotatable bonds is 4. The maximum Gasteiger partial charge on any atom is 0.0985 e. The molecule has 104 valence electrons. The monoisotopic (exact) mass is 269 g/mol. The van der Waals surface area contributed by atoms with Crippen molar-refractivity contribution in [3.63, 3.8) is 0 Å². The zero-order valence-corrected chi connectivity index (χ0v) is 11.5. The minimum absolute atomic E-state index is 0.0380. The fourth-order valence-corrected chi connectivity index (χ4v) is 2.84. The second kappa shape index (κ2) is 5.75. The summed E-state index contributed by atoms with van der Waals surface area (Å²) in [4.78, 5) is 0. The molecule has 1 aliphatic rings. The summed E-state index contributed by atoms with van der Waals surface area (Å²) in [6.45, 7) is 1.38. The molecule has 0 amide bonds. The molecule has 2 atom stereocenters. The van der Waals surface area contributed by atoms with E-state index in [4.69, 9.17) is 4.74 Å². The number of nitrogens with one attached hydrogen (secondary N) is 1. The van der Waals surface area contributed by atoms with Gasteiger partial charge in [0.25, 0.3) is 0 Å². The van der Waals surface area contributed by atoms with Crippen LogP contribution in [0.5, 0.6) is 0 Å². The highest BCUT2D eigenvalue weighted by Crippen LogP contribution is 2.35. The fourth-order valence-electron chi connectivity index (χ4n) is 2.84. The van der Waals surface area contributed by atoms with Crippen LogP contribution in [0.15, 0.2) is 48.5 Å². The van der Waals surface area contributed by atoms with E-state index in [0.29, 0.717) is 6.61 Å². The molecule has 3 nitrogen and oxygen atoms in total. The van der Waals surface area contributed by atoms with Crippen molar-refractivity contribution in [2.24, 2.45) is 0 Å². The normalized spacial score (nSPS) is 18.8. The van der Waals surface area contributed by atoms with Gasteiger partial charge >= 0.3 is 0 Å². The second-order valence-corrected chi connectivity index (χ2v) is 5.18. The number of methoxy groups -OCH3 is 1. The van der Waals surface area contributed by atoms with Gasteiger partial charge in [-0.3, -0.25) is 0 Å². The van der Waals surface area contributed by atoms with Gasteiger partial charge in [0.2, 0.25) is 0 Å². The highest BCUT2D eigenvalue weighted by Gasteiger charge is 2.28. The molecule has 0 bridgehead atoms. The summed E-state index contributed by atoms with van der Waals surface area (Å²) >= 11 is 0. The van der Waals surface area contributed by atoms with Gasteiger partial charge in [0.1, 0.15) is 0 Å². The van der Waals surface area contributed by atoms with Crippen LogP contribution in [0, 0.1) is 0 Å². The zero-order chi connectivity index (χ0) is 13.9. The Hall–Kier alpha value is -1.68. The molecule has 0 aliphatic carbocycles. The molecular weight excluding hydrogens is 250 g/mol. The molecule has 2 aromatic carbocycles. The summed E-state index contributed by atoms with van der Waals surface area (Å²) in [5.74, 6) is 0. The lowest BCUT2D eigenvalue weighted by Gasteiger charge is -2.20. The number of aliphatic hydroxyl groups is 1. The minimum Gasteiger partial charge on any atom is -0.386 e. The second-order valence-electron chi connectivity index (χ2n) is 5.18. The van der Waals surface area contributed by atoms with Crippen molar-refractivity contribution in [2.45, 2.75) is 25.3 Å². The molecule has 0 fully saturated rings. The van der Waals surface area contributed by atoms with Crippen molar-refractivity contribution in [2.75, 3.05) is 7.11 Å². The van der Waals surface area contributed by atoms with Crippen LogP contribution in [0.1, 0.15) is 34.4 Å². The summed E-state index contributed by atoms with van der Waals surface area (Å²) in [5, 5.41) is 14.0. The van der Waals surface area contributed by atoms with E-state index >= 15 is 0 Å². The van der Waals surface area contributed by atoms with Gasteiger partial charge in [0.05, 0.1) is 18.8 Å². The molecule has 2 unspecified atom stereocenters. The van der Waals surface area contributed by atoms with Crippen LogP contribution in [0.25, 0.3) is 0 Å². The van der Waals surface area contributed by atoms with Crippen LogP contribution >= 0.6 is 0 Å².